The molecule has 5 nitrogen and oxygen atoms in total. The molecule has 0 aliphatic rings. The molecule has 0 unspecified atom stereocenters. The number of carbonyl (C=O) groups is 1. The van der Waals surface area contributed by atoms with Gasteiger partial charge in [0, 0.05) is 17.8 Å². The number of aliphatic carboxylic acids is 1. The number of nitrogens with zero attached hydrogens (tertiary/aromatic N) is 1. The zero-order valence-corrected chi connectivity index (χ0v) is 14.8. The van der Waals surface area contributed by atoms with Gasteiger partial charge in [0.1, 0.15) is 0 Å². The minimum absolute atomic E-state index is 0.00299. The lowest BCUT2D eigenvalue weighted by Crippen LogP contribution is -1.97. The Morgan fingerprint density at radius 1 is 0.760 bits per heavy atom. The van der Waals surface area contributed by atoms with Crippen LogP contribution in [0.4, 0.5) is 0 Å². The number of carboxylic acids is 1. The largest absolute Gasteiger partial charge is 0.481 e. The molecule has 5 heteroatoms. The molecule has 0 aliphatic carbocycles. The third kappa shape index (κ3) is 21.6. The van der Waals surface area contributed by atoms with Gasteiger partial charge in [-0.3, -0.25) is 14.9 Å². The molecule has 0 aromatic heterocycles. The van der Waals surface area contributed by atoms with Crippen molar-refractivity contribution in [3.8, 4) is 0 Å². The fourth-order valence-electron chi connectivity index (χ4n) is 1.87. The number of carboxylic acid groups (broad SMARTS) is 1. The molecule has 0 atom stereocenters. The van der Waals surface area contributed by atoms with Gasteiger partial charge in [-0.1, -0.05) is 60.8 Å². The highest BCUT2D eigenvalue weighted by molar-refractivity contribution is 5.66. The molecule has 0 bridgehead atoms. The smallest absolute Gasteiger partial charge is 0.303 e. The quantitative estimate of drug-likeness (QED) is 0.190. The van der Waals surface area contributed by atoms with E-state index in [1.54, 1.807) is 0 Å². The normalized spacial score (nSPS) is 12.5. The molecule has 0 radical (unpaired) electrons. The first-order valence-electron chi connectivity index (χ1n) is 8.71. The Hall–Kier alpha value is -2.43. The highest BCUT2D eigenvalue weighted by Crippen LogP contribution is 1.99. The van der Waals surface area contributed by atoms with Crippen molar-refractivity contribution in [2.75, 3.05) is 6.54 Å². The lowest BCUT2D eigenvalue weighted by molar-refractivity contribution is -0.478. The molecule has 0 rings (SSSR count). The summed E-state index contributed by atoms with van der Waals surface area (Å²) >= 11 is 0. The fourth-order valence-corrected chi connectivity index (χ4v) is 1.87. The summed E-state index contributed by atoms with van der Waals surface area (Å²) in [5.74, 6) is -0.737. The highest BCUT2D eigenvalue weighted by atomic mass is 16.6. The van der Waals surface area contributed by atoms with Gasteiger partial charge in [-0.2, -0.15) is 0 Å². The Kier molecular flexibility index (Phi) is 16.2. The minimum Gasteiger partial charge on any atom is -0.481 e. The number of rotatable bonds is 15. The molecule has 1 N–H and O–H groups in total. The van der Waals surface area contributed by atoms with E-state index in [9.17, 15) is 14.9 Å². The monoisotopic (exact) mass is 347 g/mol. The predicted molar refractivity (Wildman–Crippen MR) is 102 cm³/mol. The van der Waals surface area contributed by atoms with Gasteiger partial charge in [0.05, 0.1) is 0 Å². The topological polar surface area (TPSA) is 80.4 Å². The van der Waals surface area contributed by atoms with E-state index in [1.807, 2.05) is 18.2 Å². The van der Waals surface area contributed by atoms with Crippen molar-refractivity contribution in [3.05, 3.63) is 70.9 Å². The fraction of sp³-hybridized carbons (Fsp3) is 0.450. The molecule has 0 amide bonds. The number of nitro groups is 1. The van der Waals surface area contributed by atoms with Crippen molar-refractivity contribution < 1.29 is 14.8 Å². The van der Waals surface area contributed by atoms with E-state index >= 15 is 0 Å². The van der Waals surface area contributed by atoms with Gasteiger partial charge in [-0.05, 0) is 38.5 Å². The second-order valence-electron chi connectivity index (χ2n) is 5.43. The third-order valence-electron chi connectivity index (χ3n) is 3.16. The van der Waals surface area contributed by atoms with Crippen molar-refractivity contribution in [1.82, 2.24) is 0 Å². The number of hydrogen-bond donors (Lipinski definition) is 1. The summed E-state index contributed by atoms with van der Waals surface area (Å²) in [6.07, 6.45) is 26.2. The molecule has 0 aromatic rings. The minimum atomic E-state index is -0.737. The molecule has 0 aliphatic heterocycles. The Morgan fingerprint density at radius 2 is 1.16 bits per heavy atom. The molecule has 0 saturated carbocycles. The molecular weight excluding hydrogens is 318 g/mol. The molecule has 0 aromatic carbocycles. The van der Waals surface area contributed by atoms with E-state index in [0.29, 0.717) is 12.8 Å². The lowest BCUT2D eigenvalue weighted by Gasteiger charge is -1.90. The Labute approximate surface area is 150 Å². The second-order valence-corrected chi connectivity index (χ2v) is 5.43. The average Bonchev–Trinajstić information content (AvgIpc) is 2.56. The number of allylic oxidation sites excluding steroid dienone is 9. The Bertz CT molecular complexity index is 502. The van der Waals surface area contributed by atoms with Crippen molar-refractivity contribution in [2.24, 2.45) is 0 Å². The maximum absolute atomic E-state index is 10.3. The van der Waals surface area contributed by atoms with Crippen LogP contribution < -0.4 is 0 Å². The summed E-state index contributed by atoms with van der Waals surface area (Å²) in [6.45, 7) is -0.00299. The molecule has 0 spiro atoms. The van der Waals surface area contributed by atoms with Gasteiger partial charge in [-0.15, -0.1) is 0 Å². The highest BCUT2D eigenvalue weighted by Gasteiger charge is 1.92. The summed E-state index contributed by atoms with van der Waals surface area (Å²) in [7, 11) is 0. The van der Waals surface area contributed by atoms with Crippen LogP contribution in [0.5, 0.6) is 0 Å². The van der Waals surface area contributed by atoms with Crippen LogP contribution in [-0.4, -0.2) is 22.5 Å². The van der Waals surface area contributed by atoms with Crippen LogP contribution >= 0.6 is 0 Å². The average molecular weight is 347 g/mol. The van der Waals surface area contributed by atoms with Gasteiger partial charge in [0.25, 0.3) is 0 Å². The summed E-state index contributed by atoms with van der Waals surface area (Å²) in [4.78, 5) is 20.1. The Balaban J connectivity index is 3.50. The zero-order valence-electron chi connectivity index (χ0n) is 14.8. The van der Waals surface area contributed by atoms with E-state index in [2.05, 4.69) is 42.5 Å². The predicted octanol–water partition coefficient (Wildman–Crippen LogP) is 5.25. The van der Waals surface area contributed by atoms with Crippen LogP contribution in [0.3, 0.4) is 0 Å². The van der Waals surface area contributed by atoms with E-state index < -0.39 is 5.97 Å². The maximum atomic E-state index is 10.3. The van der Waals surface area contributed by atoms with Crippen LogP contribution in [0.2, 0.25) is 0 Å². The van der Waals surface area contributed by atoms with Crippen LogP contribution in [0.15, 0.2) is 60.8 Å². The molecular formula is C20H29NO4. The molecule has 0 saturated heterocycles. The summed E-state index contributed by atoms with van der Waals surface area (Å²) < 4.78 is 0. The van der Waals surface area contributed by atoms with Crippen LogP contribution in [-0.2, 0) is 4.79 Å². The van der Waals surface area contributed by atoms with Gasteiger partial charge >= 0.3 is 5.97 Å². The van der Waals surface area contributed by atoms with Crippen molar-refractivity contribution in [2.45, 2.75) is 51.4 Å². The second kappa shape index (κ2) is 17.9. The van der Waals surface area contributed by atoms with Crippen LogP contribution in [0, 0.1) is 10.1 Å². The first kappa shape index (κ1) is 22.6. The molecule has 0 heterocycles. The van der Waals surface area contributed by atoms with Crippen LogP contribution in [0.25, 0.3) is 0 Å². The van der Waals surface area contributed by atoms with Crippen molar-refractivity contribution in [1.29, 1.82) is 0 Å². The van der Waals surface area contributed by atoms with E-state index in [-0.39, 0.29) is 17.9 Å². The summed E-state index contributed by atoms with van der Waals surface area (Å²) in [6, 6.07) is 0. The van der Waals surface area contributed by atoms with Crippen molar-refractivity contribution >= 4 is 5.97 Å². The first-order valence-corrected chi connectivity index (χ1v) is 8.71. The van der Waals surface area contributed by atoms with E-state index in [4.69, 9.17) is 5.11 Å². The summed E-state index contributed by atoms with van der Waals surface area (Å²) in [5.41, 5.74) is 0. The SMILES string of the molecule is O=C(O)CCCC=CCC=CCC=CCC=CCC=CCC[N+](=O)[O-]. The van der Waals surface area contributed by atoms with E-state index in [1.165, 1.54) is 0 Å². The zero-order chi connectivity index (χ0) is 18.6. The maximum Gasteiger partial charge on any atom is 0.303 e. The molecule has 0 fully saturated rings. The third-order valence-corrected chi connectivity index (χ3v) is 3.16. The van der Waals surface area contributed by atoms with Crippen LogP contribution in [0.1, 0.15) is 51.4 Å². The summed E-state index contributed by atoms with van der Waals surface area (Å²) in [5, 5.41) is 18.6. The standard InChI is InChI=1S/C20H29NO4/c22-20(23)18-16-14-12-10-8-6-4-2-1-3-5-7-9-11-13-15-17-19-21(24)25/h1,3-4,6-7,9-10,12-13,15H,2,5,8,11,14,16-19H2,(H,22,23). The Morgan fingerprint density at radius 3 is 1.56 bits per heavy atom. The number of hydrogen-bond acceptors (Lipinski definition) is 3. The van der Waals surface area contributed by atoms with Gasteiger partial charge in [0.15, 0.2) is 0 Å². The number of unbranched alkanes of at least 4 members (excludes halogenated alkanes) is 1. The molecule has 138 valence electrons. The lowest BCUT2D eigenvalue weighted by atomic mass is 10.2. The van der Waals surface area contributed by atoms with Crippen molar-refractivity contribution in [3.63, 3.8) is 0 Å². The van der Waals surface area contributed by atoms with Gasteiger partial charge in [0.2, 0.25) is 6.54 Å². The van der Waals surface area contributed by atoms with E-state index in [0.717, 1.165) is 32.1 Å². The van der Waals surface area contributed by atoms with Gasteiger partial charge < -0.3 is 5.11 Å². The molecule has 25 heavy (non-hydrogen) atoms. The van der Waals surface area contributed by atoms with Gasteiger partial charge in [-0.25, -0.2) is 0 Å². The first-order chi connectivity index (χ1) is 12.1.